The van der Waals surface area contributed by atoms with Crippen molar-refractivity contribution >= 4 is 47.8 Å². The van der Waals surface area contributed by atoms with Crippen LogP contribution in [-0.2, 0) is 10.0 Å². The van der Waals surface area contributed by atoms with Crippen LogP contribution in [-0.4, -0.2) is 31.5 Å². The van der Waals surface area contributed by atoms with Crippen LogP contribution in [0.25, 0.3) is 0 Å². The highest BCUT2D eigenvalue weighted by molar-refractivity contribution is 9.11. The summed E-state index contributed by atoms with van der Waals surface area (Å²) in [6.45, 7) is 0.606. The van der Waals surface area contributed by atoms with E-state index in [9.17, 15) is 8.42 Å². The van der Waals surface area contributed by atoms with Crippen LogP contribution in [0.1, 0.15) is 0 Å². The molecule has 0 unspecified atom stereocenters. The first kappa shape index (κ1) is 16.3. The van der Waals surface area contributed by atoms with Crippen LogP contribution in [0.3, 0.4) is 0 Å². The minimum atomic E-state index is -3.58. The molecule has 0 atom stereocenters. The molecular weight excluding hydrogens is 424 g/mol. The fourth-order valence-corrected chi connectivity index (χ4v) is 4.04. The SMILES string of the molecule is O=S(=O)(NCCNc1ncccn1)c1cc(Br)ccc1Br. The number of anilines is 1. The Morgan fingerprint density at radius 3 is 2.52 bits per heavy atom. The topological polar surface area (TPSA) is 84.0 Å². The molecule has 0 amide bonds. The average Bonchev–Trinajstić information content (AvgIpc) is 2.47. The van der Waals surface area contributed by atoms with E-state index in [2.05, 4.69) is 51.9 Å². The van der Waals surface area contributed by atoms with Gasteiger partial charge in [-0.05, 0) is 40.2 Å². The summed E-state index contributed by atoms with van der Waals surface area (Å²) in [7, 11) is -3.58. The van der Waals surface area contributed by atoms with E-state index < -0.39 is 10.0 Å². The molecule has 0 radical (unpaired) electrons. The van der Waals surface area contributed by atoms with E-state index >= 15 is 0 Å². The Labute approximate surface area is 139 Å². The number of rotatable bonds is 6. The van der Waals surface area contributed by atoms with Crippen molar-refractivity contribution in [3.63, 3.8) is 0 Å². The van der Waals surface area contributed by atoms with Crippen molar-refractivity contribution < 1.29 is 8.42 Å². The van der Waals surface area contributed by atoms with Crippen LogP contribution in [0.4, 0.5) is 5.95 Å². The Bertz CT molecular complexity index is 710. The van der Waals surface area contributed by atoms with E-state index in [0.717, 1.165) is 0 Å². The Morgan fingerprint density at radius 1 is 1.10 bits per heavy atom. The smallest absolute Gasteiger partial charge is 0.241 e. The molecule has 1 aromatic heterocycles. The van der Waals surface area contributed by atoms with E-state index in [0.29, 0.717) is 21.4 Å². The van der Waals surface area contributed by atoms with Gasteiger partial charge in [-0.25, -0.2) is 23.1 Å². The number of nitrogens with zero attached hydrogens (tertiary/aromatic N) is 2. The van der Waals surface area contributed by atoms with Crippen molar-refractivity contribution in [3.05, 3.63) is 45.6 Å². The summed E-state index contributed by atoms with van der Waals surface area (Å²) in [5, 5.41) is 2.92. The summed E-state index contributed by atoms with van der Waals surface area (Å²) >= 11 is 6.50. The average molecular weight is 436 g/mol. The minimum Gasteiger partial charge on any atom is -0.353 e. The lowest BCUT2D eigenvalue weighted by Crippen LogP contribution is -2.29. The van der Waals surface area contributed by atoms with Crippen molar-refractivity contribution in [2.45, 2.75) is 4.90 Å². The molecule has 0 spiro atoms. The van der Waals surface area contributed by atoms with Gasteiger partial charge in [-0.1, -0.05) is 15.9 Å². The number of aromatic nitrogens is 2. The highest BCUT2D eigenvalue weighted by Gasteiger charge is 2.17. The summed E-state index contributed by atoms with van der Waals surface area (Å²) < 4.78 is 28.1. The predicted molar refractivity (Wildman–Crippen MR) is 87.6 cm³/mol. The third-order valence-corrected chi connectivity index (χ3v) is 5.40. The molecular formula is C12H12Br2N4O2S. The second-order valence-corrected chi connectivity index (χ2v) is 7.48. The minimum absolute atomic E-state index is 0.188. The zero-order valence-electron chi connectivity index (χ0n) is 10.8. The third kappa shape index (κ3) is 4.73. The van der Waals surface area contributed by atoms with Crippen molar-refractivity contribution in [2.75, 3.05) is 18.4 Å². The number of halogens is 2. The number of benzene rings is 1. The zero-order valence-corrected chi connectivity index (χ0v) is 14.7. The van der Waals surface area contributed by atoms with Gasteiger partial charge in [0.2, 0.25) is 16.0 Å². The summed E-state index contributed by atoms with van der Waals surface area (Å²) in [5.74, 6) is 0.459. The fourth-order valence-electron chi connectivity index (χ4n) is 1.51. The normalized spacial score (nSPS) is 11.3. The molecule has 21 heavy (non-hydrogen) atoms. The molecule has 0 bridgehead atoms. The number of sulfonamides is 1. The van der Waals surface area contributed by atoms with Crippen LogP contribution in [0.2, 0.25) is 0 Å². The van der Waals surface area contributed by atoms with Gasteiger partial charge in [-0.3, -0.25) is 0 Å². The summed E-state index contributed by atoms with van der Waals surface area (Å²) in [6, 6.07) is 6.69. The second kappa shape index (κ2) is 7.30. The van der Waals surface area contributed by atoms with E-state index in [4.69, 9.17) is 0 Å². The van der Waals surface area contributed by atoms with Crippen molar-refractivity contribution in [1.29, 1.82) is 0 Å². The highest BCUT2D eigenvalue weighted by Crippen LogP contribution is 2.25. The Hall–Kier alpha value is -1.03. The maximum absolute atomic E-state index is 12.2. The van der Waals surface area contributed by atoms with Gasteiger partial charge in [0.1, 0.15) is 0 Å². The first-order chi connectivity index (χ1) is 9.99. The largest absolute Gasteiger partial charge is 0.353 e. The van der Waals surface area contributed by atoms with Crippen molar-refractivity contribution in [2.24, 2.45) is 0 Å². The summed E-state index contributed by atoms with van der Waals surface area (Å²) in [4.78, 5) is 8.15. The van der Waals surface area contributed by atoms with Gasteiger partial charge in [0.15, 0.2) is 0 Å². The maximum Gasteiger partial charge on any atom is 0.241 e. The van der Waals surface area contributed by atoms with Gasteiger partial charge in [-0.2, -0.15) is 0 Å². The molecule has 2 N–H and O–H groups in total. The molecule has 0 aliphatic carbocycles. The zero-order chi connectivity index (χ0) is 15.3. The molecule has 0 saturated heterocycles. The fraction of sp³-hybridized carbons (Fsp3) is 0.167. The number of nitrogens with one attached hydrogen (secondary N) is 2. The highest BCUT2D eigenvalue weighted by atomic mass is 79.9. The monoisotopic (exact) mass is 434 g/mol. The van der Waals surface area contributed by atoms with Gasteiger partial charge in [-0.15, -0.1) is 0 Å². The lowest BCUT2D eigenvalue weighted by atomic mass is 10.4. The lowest BCUT2D eigenvalue weighted by molar-refractivity contribution is 0.582. The second-order valence-electron chi connectivity index (χ2n) is 3.97. The molecule has 2 rings (SSSR count). The Balaban J connectivity index is 1.94. The predicted octanol–water partition coefficient (Wildman–Crippen LogP) is 2.39. The molecule has 1 heterocycles. The van der Waals surface area contributed by atoms with E-state index in [1.54, 1.807) is 36.7 Å². The van der Waals surface area contributed by atoms with Gasteiger partial charge < -0.3 is 5.32 Å². The Kier molecular flexibility index (Phi) is 5.68. The van der Waals surface area contributed by atoms with Crippen molar-refractivity contribution in [3.8, 4) is 0 Å². The first-order valence-electron chi connectivity index (χ1n) is 5.94. The van der Waals surface area contributed by atoms with Gasteiger partial charge >= 0.3 is 0 Å². The summed E-state index contributed by atoms with van der Waals surface area (Å²) in [6.07, 6.45) is 3.22. The van der Waals surface area contributed by atoms with E-state index in [1.165, 1.54) is 0 Å². The van der Waals surface area contributed by atoms with Gasteiger partial charge in [0.25, 0.3) is 0 Å². The molecule has 1 aromatic carbocycles. The Morgan fingerprint density at radius 2 is 1.81 bits per heavy atom. The number of hydrogen-bond donors (Lipinski definition) is 2. The van der Waals surface area contributed by atoms with Crippen LogP contribution in [0.15, 0.2) is 50.5 Å². The molecule has 2 aromatic rings. The maximum atomic E-state index is 12.2. The summed E-state index contributed by atoms with van der Waals surface area (Å²) in [5.41, 5.74) is 0. The third-order valence-electron chi connectivity index (χ3n) is 2.45. The van der Waals surface area contributed by atoms with Crippen molar-refractivity contribution in [1.82, 2.24) is 14.7 Å². The molecule has 9 heteroatoms. The molecule has 0 saturated carbocycles. The van der Waals surface area contributed by atoms with Gasteiger partial charge in [0, 0.05) is 34.4 Å². The number of hydrogen-bond acceptors (Lipinski definition) is 5. The quantitative estimate of drug-likeness (QED) is 0.680. The molecule has 0 aliphatic heterocycles. The van der Waals surface area contributed by atoms with E-state index in [-0.39, 0.29) is 11.4 Å². The standard InChI is InChI=1S/C12H12Br2N4O2S/c13-9-2-3-10(14)11(8-9)21(19,20)18-7-6-17-12-15-4-1-5-16-12/h1-5,8,18H,6-7H2,(H,15,16,17). The molecule has 0 fully saturated rings. The van der Waals surface area contributed by atoms with Crippen LogP contribution in [0, 0.1) is 0 Å². The molecule has 0 aliphatic rings. The molecule has 112 valence electrons. The molecule has 6 nitrogen and oxygen atoms in total. The lowest BCUT2D eigenvalue weighted by Gasteiger charge is -2.09. The van der Waals surface area contributed by atoms with Crippen LogP contribution < -0.4 is 10.0 Å². The van der Waals surface area contributed by atoms with E-state index in [1.807, 2.05) is 0 Å². The first-order valence-corrected chi connectivity index (χ1v) is 9.01. The van der Waals surface area contributed by atoms with Gasteiger partial charge in [0.05, 0.1) is 4.90 Å². The van der Waals surface area contributed by atoms with Crippen LogP contribution >= 0.6 is 31.9 Å². The van der Waals surface area contributed by atoms with Crippen LogP contribution in [0.5, 0.6) is 0 Å².